The Hall–Kier alpha value is -3.55. The summed E-state index contributed by atoms with van der Waals surface area (Å²) in [6.07, 6.45) is -0.00700. The average Bonchev–Trinajstić information content (AvgIpc) is 2.85. The Bertz CT molecular complexity index is 956. The topological polar surface area (TPSA) is 82.2 Å². The van der Waals surface area contributed by atoms with Crippen LogP contribution in [0.25, 0.3) is 0 Å². The molecule has 0 radical (unpaired) electrons. The quantitative estimate of drug-likeness (QED) is 0.766. The Morgan fingerprint density at radius 1 is 0.969 bits per heavy atom. The minimum absolute atomic E-state index is 0.00700. The number of methoxy groups -OCH3 is 1. The van der Waals surface area contributed by atoms with Crippen LogP contribution in [-0.4, -0.2) is 79.9 Å². The van der Waals surface area contributed by atoms with Gasteiger partial charge in [0, 0.05) is 50.5 Å². The number of hydrogen-bond acceptors (Lipinski definition) is 5. The van der Waals surface area contributed by atoms with Gasteiger partial charge in [0.15, 0.2) is 0 Å². The Morgan fingerprint density at radius 2 is 1.66 bits per heavy atom. The van der Waals surface area contributed by atoms with E-state index >= 15 is 0 Å². The number of benzene rings is 2. The standard InChI is InChI=1S/C24H28N4O4/c1-32-20-9-7-19(8-10-20)26-13-15-27(16-14-26)22(29)17-21-23(30)25-11-12-28(21)24(31)18-5-3-2-4-6-18/h2-10,21H,11-17H2,1H3,(H,25,30)/t21-/m1/s1. The maximum atomic E-state index is 13.0. The zero-order valence-corrected chi connectivity index (χ0v) is 18.2. The summed E-state index contributed by atoms with van der Waals surface area (Å²) in [5, 5.41) is 2.79. The number of rotatable bonds is 5. The van der Waals surface area contributed by atoms with E-state index in [9.17, 15) is 14.4 Å². The second-order valence-corrected chi connectivity index (χ2v) is 7.94. The summed E-state index contributed by atoms with van der Waals surface area (Å²) in [5.74, 6) is 0.212. The van der Waals surface area contributed by atoms with Crippen molar-refractivity contribution in [1.82, 2.24) is 15.1 Å². The minimum Gasteiger partial charge on any atom is -0.497 e. The van der Waals surface area contributed by atoms with E-state index in [1.54, 1.807) is 36.3 Å². The summed E-state index contributed by atoms with van der Waals surface area (Å²) >= 11 is 0. The van der Waals surface area contributed by atoms with Crippen molar-refractivity contribution in [1.29, 1.82) is 0 Å². The number of hydrogen-bond donors (Lipinski definition) is 1. The number of piperazine rings is 2. The zero-order chi connectivity index (χ0) is 22.5. The van der Waals surface area contributed by atoms with Gasteiger partial charge in [-0.15, -0.1) is 0 Å². The van der Waals surface area contributed by atoms with Gasteiger partial charge in [-0.2, -0.15) is 0 Å². The van der Waals surface area contributed by atoms with Crippen molar-refractivity contribution in [2.45, 2.75) is 12.5 Å². The Morgan fingerprint density at radius 3 is 2.31 bits per heavy atom. The number of nitrogens with one attached hydrogen (secondary N) is 1. The fourth-order valence-electron chi connectivity index (χ4n) is 4.21. The van der Waals surface area contributed by atoms with E-state index in [1.165, 1.54) is 4.90 Å². The molecule has 0 unspecified atom stereocenters. The van der Waals surface area contributed by atoms with Gasteiger partial charge in [-0.05, 0) is 36.4 Å². The second-order valence-electron chi connectivity index (χ2n) is 7.94. The Kier molecular flexibility index (Phi) is 6.58. The van der Waals surface area contributed by atoms with Crippen molar-refractivity contribution in [3.63, 3.8) is 0 Å². The normalized spacial score (nSPS) is 18.8. The maximum absolute atomic E-state index is 13.0. The fraction of sp³-hybridized carbons (Fsp3) is 0.375. The van der Waals surface area contributed by atoms with E-state index in [1.807, 2.05) is 30.3 Å². The molecule has 2 aromatic carbocycles. The van der Waals surface area contributed by atoms with Crippen LogP contribution in [0.1, 0.15) is 16.8 Å². The van der Waals surface area contributed by atoms with Crippen molar-refractivity contribution < 1.29 is 19.1 Å². The van der Waals surface area contributed by atoms with Crippen LogP contribution in [0.2, 0.25) is 0 Å². The zero-order valence-electron chi connectivity index (χ0n) is 18.2. The highest BCUT2D eigenvalue weighted by Crippen LogP contribution is 2.21. The first-order valence-electron chi connectivity index (χ1n) is 10.9. The van der Waals surface area contributed by atoms with Crippen molar-refractivity contribution in [3.8, 4) is 5.75 Å². The number of anilines is 1. The van der Waals surface area contributed by atoms with Crippen LogP contribution in [-0.2, 0) is 9.59 Å². The van der Waals surface area contributed by atoms with Crippen LogP contribution in [0, 0.1) is 0 Å². The molecule has 1 atom stereocenters. The molecule has 2 aliphatic heterocycles. The molecule has 2 aliphatic rings. The lowest BCUT2D eigenvalue weighted by molar-refractivity contribution is -0.138. The van der Waals surface area contributed by atoms with E-state index in [2.05, 4.69) is 10.2 Å². The largest absolute Gasteiger partial charge is 0.497 e. The lowest BCUT2D eigenvalue weighted by Gasteiger charge is -2.39. The third-order valence-electron chi connectivity index (χ3n) is 6.05. The molecule has 2 fully saturated rings. The Labute approximate surface area is 187 Å². The third-order valence-corrected chi connectivity index (χ3v) is 6.05. The first-order chi connectivity index (χ1) is 15.6. The molecule has 0 spiro atoms. The summed E-state index contributed by atoms with van der Waals surface area (Å²) in [6, 6.07) is 16.0. The molecular weight excluding hydrogens is 408 g/mol. The van der Waals surface area contributed by atoms with Gasteiger partial charge in [-0.3, -0.25) is 14.4 Å². The smallest absolute Gasteiger partial charge is 0.254 e. The minimum atomic E-state index is -0.788. The van der Waals surface area contributed by atoms with Crippen molar-refractivity contribution in [3.05, 3.63) is 60.2 Å². The predicted molar refractivity (Wildman–Crippen MR) is 121 cm³/mol. The van der Waals surface area contributed by atoms with Crippen molar-refractivity contribution in [2.24, 2.45) is 0 Å². The van der Waals surface area contributed by atoms with Crippen molar-refractivity contribution in [2.75, 3.05) is 51.3 Å². The van der Waals surface area contributed by atoms with Crippen molar-refractivity contribution >= 4 is 23.4 Å². The number of ether oxygens (including phenoxy) is 1. The summed E-state index contributed by atoms with van der Waals surface area (Å²) < 4.78 is 5.21. The predicted octanol–water partition coefficient (Wildman–Crippen LogP) is 1.37. The van der Waals surface area contributed by atoms with E-state index < -0.39 is 6.04 Å². The van der Waals surface area contributed by atoms with Gasteiger partial charge in [0.05, 0.1) is 13.5 Å². The lowest BCUT2D eigenvalue weighted by Crippen LogP contribution is -2.59. The molecule has 8 nitrogen and oxygen atoms in total. The number of amides is 3. The molecule has 0 bridgehead atoms. The first-order valence-corrected chi connectivity index (χ1v) is 10.9. The third kappa shape index (κ3) is 4.69. The van der Waals surface area contributed by atoms with E-state index in [4.69, 9.17) is 4.74 Å². The van der Waals surface area contributed by atoms with Crippen LogP contribution < -0.4 is 15.0 Å². The second kappa shape index (κ2) is 9.72. The van der Waals surface area contributed by atoms with Gasteiger partial charge in [-0.1, -0.05) is 18.2 Å². The number of nitrogens with zero attached hydrogens (tertiary/aromatic N) is 3. The SMILES string of the molecule is COc1ccc(N2CCN(C(=O)C[C@@H]3C(=O)NCCN3C(=O)c3ccccc3)CC2)cc1. The average molecular weight is 437 g/mol. The van der Waals surface area contributed by atoms with E-state index in [0.29, 0.717) is 44.8 Å². The monoisotopic (exact) mass is 436 g/mol. The fourth-order valence-corrected chi connectivity index (χ4v) is 4.21. The van der Waals surface area contributed by atoms with Gasteiger partial charge >= 0.3 is 0 Å². The number of carbonyl (C=O) groups excluding carboxylic acids is 3. The molecule has 32 heavy (non-hydrogen) atoms. The molecule has 3 amide bonds. The molecule has 0 saturated carbocycles. The maximum Gasteiger partial charge on any atom is 0.254 e. The molecule has 0 aliphatic carbocycles. The van der Waals surface area contributed by atoms with Crippen LogP contribution in [0.3, 0.4) is 0 Å². The molecule has 4 rings (SSSR count). The van der Waals surface area contributed by atoms with Gasteiger partial charge in [-0.25, -0.2) is 0 Å². The van der Waals surface area contributed by atoms with Crippen LogP contribution in [0.4, 0.5) is 5.69 Å². The van der Waals surface area contributed by atoms with Gasteiger partial charge in [0.25, 0.3) is 5.91 Å². The van der Waals surface area contributed by atoms with Gasteiger partial charge in [0.2, 0.25) is 11.8 Å². The molecule has 1 N–H and O–H groups in total. The molecule has 2 heterocycles. The van der Waals surface area contributed by atoms with Gasteiger partial charge in [0.1, 0.15) is 11.8 Å². The lowest BCUT2D eigenvalue weighted by atomic mass is 10.1. The highest BCUT2D eigenvalue weighted by atomic mass is 16.5. The van der Waals surface area contributed by atoms with E-state index in [-0.39, 0.29) is 24.1 Å². The van der Waals surface area contributed by atoms with E-state index in [0.717, 1.165) is 11.4 Å². The molecular formula is C24H28N4O4. The summed E-state index contributed by atoms with van der Waals surface area (Å²) in [5.41, 5.74) is 1.61. The highest BCUT2D eigenvalue weighted by molar-refractivity contribution is 5.99. The first kappa shape index (κ1) is 21.7. The molecule has 2 saturated heterocycles. The molecule has 168 valence electrons. The van der Waals surface area contributed by atoms with Crippen LogP contribution in [0.15, 0.2) is 54.6 Å². The summed E-state index contributed by atoms with van der Waals surface area (Å²) in [7, 11) is 1.64. The van der Waals surface area contributed by atoms with Gasteiger partial charge < -0.3 is 24.8 Å². The number of carbonyl (C=O) groups is 3. The summed E-state index contributed by atoms with van der Waals surface area (Å²) in [4.78, 5) is 44.1. The van der Waals surface area contributed by atoms with Crippen LogP contribution in [0.5, 0.6) is 5.75 Å². The molecule has 0 aromatic heterocycles. The summed E-state index contributed by atoms with van der Waals surface area (Å²) in [6.45, 7) is 3.35. The Balaban J connectivity index is 1.37. The highest BCUT2D eigenvalue weighted by Gasteiger charge is 2.36. The van der Waals surface area contributed by atoms with Crippen LogP contribution >= 0.6 is 0 Å². The molecule has 8 heteroatoms. The molecule has 2 aromatic rings.